The van der Waals surface area contributed by atoms with E-state index in [0.29, 0.717) is 23.7 Å². The van der Waals surface area contributed by atoms with E-state index in [4.69, 9.17) is 9.47 Å². The van der Waals surface area contributed by atoms with Crippen LogP contribution in [0.5, 0.6) is 11.5 Å². The number of allylic oxidation sites excluding steroid dienone is 2. The Morgan fingerprint density at radius 2 is 1.61 bits per heavy atom. The van der Waals surface area contributed by atoms with E-state index in [1.165, 1.54) is 4.90 Å². The molecule has 0 unspecified atom stereocenters. The lowest BCUT2D eigenvalue weighted by Gasteiger charge is -2.18. The van der Waals surface area contributed by atoms with Crippen molar-refractivity contribution < 1.29 is 28.7 Å². The van der Waals surface area contributed by atoms with Crippen LogP contribution >= 0.6 is 0 Å². The van der Waals surface area contributed by atoms with Crippen molar-refractivity contribution >= 4 is 35.1 Å². The minimum atomic E-state index is -0.621. The molecule has 8 nitrogen and oxygen atoms in total. The number of esters is 1. The Labute approximate surface area is 208 Å². The zero-order chi connectivity index (χ0) is 25.0. The molecule has 2 aliphatic carbocycles. The summed E-state index contributed by atoms with van der Waals surface area (Å²) in [5.41, 5.74) is 1.10. The highest BCUT2D eigenvalue weighted by atomic mass is 16.5. The fraction of sp³-hybridized carbons (Fsp3) is 0.357. The van der Waals surface area contributed by atoms with Crippen LogP contribution in [-0.4, -0.2) is 36.8 Å². The summed E-state index contributed by atoms with van der Waals surface area (Å²) in [7, 11) is 0. The number of carbonyl (C=O) groups excluding carboxylic acids is 4. The van der Waals surface area contributed by atoms with Gasteiger partial charge in [0.1, 0.15) is 11.5 Å². The van der Waals surface area contributed by atoms with Gasteiger partial charge in [-0.3, -0.25) is 19.2 Å². The van der Waals surface area contributed by atoms with E-state index in [9.17, 15) is 19.2 Å². The average molecular weight is 487 g/mol. The number of amides is 3. The van der Waals surface area contributed by atoms with E-state index in [-0.39, 0.29) is 60.1 Å². The lowest BCUT2D eigenvalue weighted by molar-refractivity contribution is -0.139. The van der Waals surface area contributed by atoms with Gasteiger partial charge in [-0.1, -0.05) is 18.2 Å². The van der Waals surface area contributed by atoms with Gasteiger partial charge in [-0.25, -0.2) is 4.90 Å². The highest BCUT2D eigenvalue weighted by Crippen LogP contribution is 2.53. The molecule has 4 aliphatic rings. The van der Waals surface area contributed by atoms with Crippen LogP contribution in [0.4, 0.5) is 11.4 Å². The predicted molar refractivity (Wildman–Crippen MR) is 130 cm³/mol. The quantitative estimate of drug-likeness (QED) is 0.269. The first kappa shape index (κ1) is 22.5. The summed E-state index contributed by atoms with van der Waals surface area (Å²) in [6.45, 7) is 2.67. The van der Waals surface area contributed by atoms with Crippen molar-refractivity contribution in [3.05, 3.63) is 60.7 Å². The molecule has 36 heavy (non-hydrogen) atoms. The molecule has 2 bridgehead atoms. The number of imide groups is 1. The van der Waals surface area contributed by atoms with Gasteiger partial charge in [0.2, 0.25) is 17.7 Å². The van der Waals surface area contributed by atoms with Crippen LogP contribution in [-0.2, 0) is 19.2 Å². The molecule has 2 aromatic carbocycles. The van der Waals surface area contributed by atoms with Gasteiger partial charge >= 0.3 is 5.97 Å². The van der Waals surface area contributed by atoms with Crippen molar-refractivity contribution in [1.82, 2.24) is 0 Å². The van der Waals surface area contributed by atoms with E-state index in [1.54, 1.807) is 53.4 Å². The van der Waals surface area contributed by atoms with E-state index in [2.05, 4.69) is 12.2 Å². The second kappa shape index (κ2) is 8.62. The molecule has 6 rings (SSSR count). The number of anilines is 2. The third-order valence-corrected chi connectivity index (χ3v) is 7.68. The van der Waals surface area contributed by atoms with Crippen molar-refractivity contribution in [3.8, 4) is 11.5 Å². The number of fused-ring (bicyclic) bond motifs is 5. The molecule has 1 saturated carbocycles. The maximum absolute atomic E-state index is 13.1. The fourth-order valence-electron chi connectivity index (χ4n) is 6.05. The minimum absolute atomic E-state index is 0.0496. The summed E-state index contributed by atoms with van der Waals surface area (Å²) in [4.78, 5) is 54.5. The molecular formula is C28H26N2O6. The standard InChI is InChI=1S/C28H26N2O6/c1-2-35-21-10-8-19(9-11-21)29-15-18(13-23(29)31)28(34)36-22-5-3-4-20(14-22)30-26(32)24-16-6-7-17(12-16)25(24)27(30)33/h3-11,14,16-18,24-25H,2,12-13,15H2,1H3/t16-,17-,18-,24-,25+/m0/s1. The Kier molecular flexibility index (Phi) is 5.39. The highest BCUT2D eigenvalue weighted by Gasteiger charge is 2.59. The van der Waals surface area contributed by atoms with Gasteiger partial charge < -0.3 is 14.4 Å². The maximum atomic E-state index is 13.1. The minimum Gasteiger partial charge on any atom is -0.494 e. The molecule has 2 aromatic rings. The molecule has 0 aromatic heterocycles. The summed E-state index contributed by atoms with van der Waals surface area (Å²) in [5, 5.41) is 0. The second-order valence-corrected chi connectivity index (χ2v) is 9.76. The average Bonchev–Trinajstić information content (AvgIpc) is 3.63. The van der Waals surface area contributed by atoms with Gasteiger partial charge in [0, 0.05) is 24.7 Å². The van der Waals surface area contributed by atoms with Gasteiger partial charge in [-0.15, -0.1) is 0 Å². The summed E-state index contributed by atoms with van der Waals surface area (Å²) < 4.78 is 11.0. The van der Waals surface area contributed by atoms with Crippen LogP contribution in [0.25, 0.3) is 0 Å². The molecule has 3 fully saturated rings. The van der Waals surface area contributed by atoms with Crippen LogP contribution in [0.3, 0.4) is 0 Å². The molecule has 184 valence electrons. The summed E-state index contributed by atoms with van der Waals surface area (Å²) >= 11 is 0. The Morgan fingerprint density at radius 1 is 0.917 bits per heavy atom. The van der Waals surface area contributed by atoms with E-state index < -0.39 is 11.9 Å². The number of rotatable bonds is 6. The molecule has 0 N–H and O–H groups in total. The smallest absolute Gasteiger partial charge is 0.316 e. The normalized spacial score (nSPS) is 28.2. The van der Waals surface area contributed by atoms with Crippen LogP contribution < -0.4 is 19.3 Å². The zero-order valence-electron chi connectivity index (χ0n) is 19.8. The third-order valence-electron chi connectivity index (χ3n) is 7.68. The van der Waals surface area contributed by atoms with E-state index in [1.807, 2.05) is 6.92 Å². The van der Waals surface area contributed by atoms with Crippen molar-refractivity contribution in [2.45, 2.75) is 19.8 Å². The molecule has 2 saturated heterocycles. The van der Waals surface area contributed by atoms with Crippen LogP contribution in [0.1, 0.15) is 19.8 Å². The molecule has 2 aliphatic heterocycles. The lowest BCUT2D eigenvalue weighted by Crippen LogP contribution is -2.32. The molecule has 3 amide bonds. The molecule has 0 spiro atoms. The maximum Gasteiger partial charge on any atom is 0.316 e. The number of ether oxygens (including phenoxy) is 2. The first-order valence-corrected chi connectivity index (χ1v) is 12.4. The number of nitrogens with zero attached hydrogens (tertiary/aromatic N) is 2. The molecule has 5 atom stereocenters. The molecule has 2 heterocycles. The third kappa shape index (κ3) is 3.59. The fourth-order valence-corrected chi connectivity index (χ4v) is 6.05. The van der Waals surface area contributed by atoms with Crippen LogP contribution in [0, 0.1) is 29.6 Å². The topological polar surface area (TPSA) is 93.2 Å². The first-order chi connectivity index (χ1) is 17.4. The van der Waals surface area contributed by atoms with Gasteiger partial charge in [0.25, 0.3) is 0 Å². The van der Waals surface area contributed by atoms with Gasteiger partial charge in [-0.2, -0.15) is 0 Å². The molecule has 0 radical (unpaired) electrons. The zero-order valence-corrected chi connectivity index (χ0v) is 19.8. The van der Waals surface area contributed by atoms with Crippen molar-refractivity contribution in [2.75, 3.05) is 23.0 Å². The van der Waals surface area contributed by atoms with Crippen molar-refractivity contribution in [3.63, 3.8) is 0 Å². The highest BCUT2D eigenvalue weighted by molar-refractivity contribution is 6.22. The summed E-state index contributed by atoms with van der Waals surface area (Å²) in [6.07, 6.45) is 5.02. The van der Waals surface area contributed by atoms with E-state index in [0.717, 1.165) is 6.42 Å². The monoisotopic (exact) mass is 486 g/mol. The largest absolute Gasteiger partial charge is 0.494 e. The lowest BCUT2D eigenvalue weighted by atomic mass is 9.85. The summed E-state index contributed by atoms with van der Waals surface area (Å²) in [6, 6.07) is 13.7. The van der Waals surface area contributed by atoms with Crippen LogP contribution in [0.2, 0.25) is 0 Å². The Balaban J connectivity index is 1.14. The molecular weight excluding hydrogens is 460 g/mol. The number of hydrogen-bond acceptors (Lipinski definition) is 6. The number of hydrogen-bond donors (Lipinski definition) is 0. The van der Waals surface area contributed by atoms with Gasteiger partial charge in [-0.05, 0) is 61.6 Å². The second-order valence-electron chi connectivity index (χ2n) is 9.76. The predicted octanol–water partition coefficient (Wildman–Crippen LogP) is 3.36. The van der Waals surface area contributed by atoms with Gasteiger partial charge in [0.05, 0.1) is 30.0 Å². The van der Waals surface area contributed by atoms with Crippen molar-refractivity contribution in [1.29, 1.82) is 0 Å². The Bertz CT molecular complexity index is 1260. The molecule has 8 heteroatoms. The number of carbonyl (C=O) groups is 4. The Morgan fingerprint density at radius 3 is 2.28 bits per heavy atom. The van der Waals surface area contributed by atoms with Crippen molar-refractivity contribution in [2.24, 2.45) is 29.6 Å². The summed E-state index contributed by atoms with van der Waals surface area (Å²) in [5.74, 6) is -1.05. The van der Waals surface area contributed by atoms with E-state index >= 15 is 0 Å². The van der Waals surface area contributed by atoms with Gasteiger partial charge in [0.15, 0.2) is 0 Å². The number of benzene rings is 2. The Hall–Kier alpha value is -3.94. The van der Waals surface area contributed by atoms with Crippen LogP contribution in [0.15, 0.2) is 60.7 Å². The first-order valence-electron chi connectivity index (χ1n) is 12.4. The SMILES string of the molecule is CCOc1ccc(N2C[C@@H](C(=O)Oc3cccc(N4C(=O)[C@@H]5[C@H](C4=O)[C@H]4C=C[C@H]5C4)c3)CC2=O)cc1.